The first-order chi connectivity index (χ1) is 62.4. The summed E-state index contributed by atoms with van der Waals surface area (Å²) >= 11 is 2.05. The first-order valence-electron chi connectivity index (χ1n) is 56.2. The van der Waals surface area contributed by atoms with E-state index in [1.165, 1.54) is 563 Å². The topological polar surface area (TPSA) is 50.4 Å². The van der Waals surface area contributed by atoms with E-state index in [1.54, 1.807) is 0 Å². The Labute approximate surface area is 790 Å². The molecule has 8 rings (SSSR count). The van der Waals surface area contributed by atoms with Crippen molar-refractivity contribution in [2.24, 2.45) is 0 Å². The molecule has 732 valence electrons. The maximum Gasteiger partial charge on any atom is 0.119 e. The molecule has 0 bridgehead atoms. The number of thioether (sulfide) groups is 1. The number of ether oxygens (including phenoxy) is 3. The minimum absolute atomic E-state index is 0.830. The molecule has 5 aliphatic heterocycles. The largest absolute Gasteiger partial charge is 0.494 e. The minimum Gasteiger partial charge on any atom is -0.494 e. The highest BCUT2D eigenvalue weighted by molar-refractivity contribution is 7.99. The fourth-order valence-electron chi connectivity index (χ4n) is 18.9. The molecular formula is C115H213N7O3S. The fourth-order valence-corrected chi connectivity index (χ4v) is 19.8. The van der Waals surface area contributed by atoms with Gasteiger partial charge in [-0.2, -0.15) is 11.8 Å². The number of unbranched alkanes of at least 4 members (excludes halogenated alkanes) is 58. The number of piperazine rings is 1. The van der Waals surface area contributed by atoms with Crippen molar-refractivity contribution < 1.29 is 14.2 Å². The molecule has 0 spiro atoms. The Morgan fingerprint density at radius 2 is 0.452 bits per heavy atom. The summed E-state index contributed by atoms with van der Waals surface area (Å²) in [5.74, 6) is 4.51. The van der Waals surface area contributed by atoms with Gasteiger partial charge in [0.15, 0.2) is 0 Å². The molecule has 5 saturated heterocycles. The standard InChI is InChI=1S/C31H64N2.C28H58N2.C22H37NO2.C22H37NOS.C12H17N/c1-3-5-7-9-11-13-15-17-19-21-23-25-27-32-29-30-33(31-32)28-26-24-22-20-18-16-14-12-10-8-6-4-2;1-3-5-7-9-11-13-15-17-19-21-23-29-25-27-30(28-26-29)24-22-20-18-16-14-12-10-8-6-4-2;1-2-3-4-5-6-7-8-9-10-11-18-25-22-14-12-21(13-15-22)23-16-19-24-20-17-23;1-2-3-4-5-6-7-8-9-10-11-18-24-22-14-12-21(13-15-22)23-16-19-25-20-17-23;1-11-5-7-12(8-6-11)13-9-3-2-4-10-13/h3-31H2,1-2H3;3-28H2,1-2H3;2*12-15H,2-11,16-20H2,1H3;5-8H,2-4,9-10H2,1H3. The highest BCUT2D eigenvalue weighted by Crippen LogP contribution is 2.27. The average Bonchev–Trinajstić information content (AvgIpc) is 1.29. The van der Waals surface area contributed by atoms with Gasteiger partial charge in [0.25, 0.3) is 0 Å². The quantitative estimate of drug-likeness (QED) is 0.0508. The average molecular weight is 1770 g/mol. The van der Waals surface area contributed by atoms with E-state index in [9.17, 15) is 0 Å². The molecule has 0 aliphatic carbocycles. The molecule has 0 atom stereocenters. The molecule has 10 nitrogen and oxygen atoms in total. The lowest BCUT2D eigenvalue weighted by atomic mass is 10.1. The van der Waals surface area contributed by atoms with Crippen molar-refractivity contribution >= 4 is 28.8 Å². The summed E-state index contributed by atoms with van der Waals surface area (Å²) < 4.78 is 17.2. The third-order valence-corrected chi connectivity index (χ3v) is 28.6. The first-order valence-corrected chi connectivity index (χ1v) is 57.4. The normalized spacial score (nSPS) is 15.3. The van der Waals surface area contributed by atoms with Crippen molar-refractivity contribution in [2.45, 2.75) is 479 Å². The van der Waals surface area contributed by atoms with Crippen LogP contribution in [0.4, 0.5) is 17.1 Å². The van der Waals surface area contributed by atoms with Crippen LogP contribution >= 0.6 is 11.8 Å². The van der Waals surface area contributed by atoms with E-state index in [-0.39, 0.29) is 0 Å². The van der Waals surface area contributed by atoms with E-state index in [1.807, 2.05) is 0 Å². The van der Waals surface area contributed by atoms with Crippen molar-refractivity contribution in [3.8, 4) is 11.5 Å². The molecule has 5 fully saturated rings. The third kappa shape index (κ3) is 67.9. The molecule has 0 aromatic heterocycles. The van der Waals surface area contributed by atoms with E-state index in [0.29, 0.717) is 0 Å². The van der Waals surface area contributed by atoms with Gasteiger partial charge in [0.05, 0.1) is 33.1 Å². The molecule has 0 unspecified atom stereocenters. The van der Waals surface area contributed by atoms with Gasteiger partial charge in [0, 0.05) is 107 Å². The molecule has 0 N–H and O–H groups in total. The molecule has 0 radical (unpaired) electrons. The van der Waals surface area contributed by atoms with Crippen molar-refractivity contribution in [2.75, 3.05) is 164 Å². The maximum atomic E-state index is 5.90. The molecule has 3 aromatic carbocycles. The molecular weight excluding hydrogens is 1560 g/mol. The van der Waals surface area contributed by atoms with Crippen LogP contribution in [-0.2, 0) is 4.74 Å². The number of benzene rings is 3. The monoisotopic (exact) mass is 1770 g/mol. The second-order valence-electron chi connectivity index (χ2n) is 39.3. The Kier molecular flexibility index (Phi) is 80.8. The molecule has 11 heteroatoms. The summed E-state index contributed by atoms with van der Waals surface area (Å²) in [6, 6.07) is 26.1. The van der Waals surface area contributed by atoms with Crippen molar-refractivity contribution in [1.29, 1.82) is 0 Å². The van der Waals surface area contributed by atoms with Gasteiger partial charge in [-0.1, -0.05) is 432 Å². The first kappa shape index (κ1) is 115. The fraction of sp³-hybridized carbons (Fsp3) is 0.843. The lowest BCUT2D eigenvalue weighted by molar-refractivity contribution is 0.122. The van der Waals surface area contributed by atoms with Crippen LogP contribution in [0.1, 0.15) is 477 Å². The molecule has 3 aromatic rings. The number of aryl methyl sites for hydroxylation is 1. The number of hydrogen-bond donors (Lipinski definition) is 0. The van der Waals surface area contributed by atoms with Crippen molar-refractivity contribution in [1.82, 2.24) is 19.6 Å². The van der Waals surface area contributed by atoms with Crippen LogP contribution in [0, 0.1) is 6.92 Å². The Morgan fingerprint density at radius 1 is 0.230 bits per heavy atom. The Morgan fingerprint density at radius 3 is 0.730 bits per heavy atom. The van der Waals surface area contributed by atoms with Gasteiger partial charge in [-0.15, -0.1) is 0 Å². The number of piperidine rings is 1. The lowest BCUT2D eigenvalue weighted by Crippen LogP contribution is -2.46. The highest BCUT2D eigenvalue weighted by Gasteiger charge is 2.20. The zero-order valence-corrected chi connectivity index (χ0v) is 86.1. The van der Waals surface area contributed by atoms with Crippen LogP contribution in [0.25, 0.3) is 0 Å². The van der Waals surface area contributed by atoms with Crippen LogP contribution in [0.15, 0.2) is 72.8 Å². The van der Waals surface area contributed by atoms with Crippen LogP contribution in [0.5, 0.6) is 11.5 Å². The van der Waals surface area contributed by atoms with Crippen molar-refractivity contribution in [3.63, 3.8) is 0 Å². The maximum absolute atomic E-state index is 5.90. The number of anilines is 3. The number of morpholine rings is 1. The van der Waals surface area contributed by atoms with Crippen molar-refractivity contribution in [3.05, 3.63) is 78.4 Å². The Hall–Kier alpha value is -3.19. The predicted octanol–water partition coefficient (Wildman–Crippen LogP) is 33.8. The summed E-state index contributed by atoms with van der Waals surface area (Å²) in [5, 5.41) is 0. The zero-order chi connectivity index (χ0) is 89.5. The Bertz CT molecular complexity index is 2490. The second-order valence-corrected chi connectivity index (χ2v) is 40.6. The van der Waals surface area contributed by atoms with E-state index >= 15 is 0 Å². The summed E-state index contributed by atoms with van der Waals surface area (Å²) in [7, 11) is 0. The summed E-state index contributed by atoms with van der Waals surface area (Å²) in [6.07, 6.45) is 95.4. The highest BCUT2D eigenvalue weighted by atomic mass is 32.2. The van der Waals surface area contributed by atoms with E-state index < -0.39 is 0 Å². The summed E-state index contributed by atoms with van der Waals surface area (Å²) in [6.45, 7) is 40.6. The van der Waals surface area contributed by atoms with Crippen LogP contribution in [0.2, 0.25) is 0 Å². The number of nitrogens with zero attached hydrogens (tertiary/aromatic N) is 7. The SMILES string of the molecule is CCCCCCCCCCCCCCN1CCN(CCCCCCCCCCCCCC)C1.CCCCCCCCCCCCN1CCN(CCCCCCCCCCCC)CC1.CCCCCCCCCCCCOc1ccc(N2CCOCC2)cc1.CCCCCCCCCCCCOc1ccc(N2CCSCC2)cc1.Cc1ccc(N2CCCCC2)cc1. The van der Waals surface area contributed by atoms with Gasteiger partial charge in [-0.3, -0.25) is 9.80 Å². The van der Waals surface area contributed by atoms with Gasteiger partial charge in [0.1, 0.15) is 11.5 Å². The molecule has 5 aliphatic rings. The number of rotatable bonds is 75. The Balaban J connectivity index is 0.000000337. The van der Waals surface area contributed by atoms with Gasteiger partial charge in [-0.05, 0) is 152 Å². The molecule has 0 amide bonds. The van der Waals surface area contributed by atoms with Gasteiger partial charge in [0.2, 0.25) is 0 Å². The van der Waals surface area contributed by atoms with E-state index in [2.05, 4.69) is 167 Å². The predicted molar refractivity (Wildman–Crippen MR) is 564 cm³/mol. The van der Waals surface area contributed by atoms with Gasteiger partial charge < -0.3 is 38.7 Å². The van der Waals surface area contributed by atoms with E-state index in [4.69, 9.17) is 14.2 Å². The smallest absolute Gasteiger partial charge is 0.119 e. The van der Waals surface area contributed by atoms with Gasteiger partial charge >= 0.3 is 0 Å². The second kappa shape index (κ2) is 88.4. The summed E-state index contributed by atoms with van der Waals surface area (Å²) in [5.41, 5.74) is 5.35. The lowest BCUT2D eigenvalue weighted by Gasteiger charge is -2.34. The van der Waals surface area contributed by atoms with Crippen LogP contribution < -0.4 is 24.2 Å². The van der Waals surface area contributed by atoms with E-state index in [0.717, 1.165) is 51.0 Å². The minimum atomic E-state index is 0.830. The molecule has 5 heterocycles. The van der Waals surface area contributed by atoms with Crippen LogP contribution in [0.3, 0.4) is 0 Å². The summed E-state index contributed by atoms with van der Waals surface area (Å²) in [4.78, 5) is 18.2. The van der Waals surface area contributed by atoms with Gasteiger partial charge in [-0.25, -0.2) is 0 Å². The van der Waals surface area contributed by atoms with Crippen LogP contribution in [-0.4, -0.2) is 169 Å². The third-order valence-electron chi connectivity index (χ3n) is 27.6. The number of hydrogen-bond acceptors (Lipinski definition) is 11. The molecule has 0 saturated carbocycles. The molecule has 126 heavy (non-hydrogen) atoms. The zero-order valence-electron chi connectivity index (χ0n) is 85.3.